The molecule has 0 fully saturated rings. The molecule has 0 aliphatic rings. The Labute approximate surface area is 77.2 Å². The molecule has 11 heteroatoms. The monoisotopic (exact) mass is 228 g/mol. The van der Waals surface area contributed by atoms with E-state index < -0.39 is 0 Å². The third kappa shape index (κ3) is 7220. The Morgan fingerprint density at radius 3 is 0.182 bits per heavy atom. The van der Waals surface area contributed by atoms with Crippen LogP contribution >= 0.6 is 0 Å². The predicted octanol–water partition coefficient (Wildman–Crippen LogP) is -8.25. The molecule has 20 N–H and O–H groups in total. The summed E-state index contributed by atoms with van der Waals surface area (Å²) in [5.41, 5.74) is 0. The van der Waals surface area contributed by atoms with E-state index in [1.165, 1.54) is 0 Å². The molecule has 0 aromatic rings. The first kappa shape index (κ1) is 12200. The van der Waals surface area contributed by atoms with Crippen molar-refractivity contribution < 1.29 is 76.5 Å². The topological polar surface area (TPSA) is 315 Å². The molecule has 0 radical (unpaired) electrons. The van der Waals surface area contributed by atoms with Gasteiger partial charge in [0.1, 0.15) is 0 Å². The summed E-state index contributed by atoms with van der Waals surface area (Å²) in [5.74, 6) is 0. The van der Waals surface area contributed by atoms with Gasteiger partial charge in [0.05, 0.1) is 0 Å². The maximum absolute atomic E-state index is 0. The van der Waals surface area contributed by atoms with E-state index in [2.05, 4.69) is 0 Å². The van der Waals surface area contributed by atoms with E-state index in [0.29, 0.717) is 0 Å². The fraction of sp³-hybridized carbons (Fsp3) is 0. The smallest absolute Gasteiger partial charge is 0 e. The van der Waals surface area contributed by atoms with E-state index in [1.807, 2.05) is 0 Å². The number of rotatable bonds is 0. The van der Waals surface area contributed by atoms with E-state index in [1.54, 1.807) is 0 Å². The molecular weight excluding hydrogens is 208 g/mol. The van der Waals surface area contributed by atoms with Crippen LogP contribution in [0.3, 0.4) is 0 Å². The normalized spacial score (nSPS) is 0. The van der Waals surface area contributed by atoms with Crippen LogP contribution in [0, 0.1) is 0 Å². The summed E-state index contributed by atoms with van der Waals surface area (Å²) in [7, 11) is 0. The molecule has 0 saturated heterocycles. The molecule has 0 spiro atoms. The van der Waals surface area contributed by atoms with Crippen molar-refractivity contribution in [2.45, 2.75) is 0 Å². The fourth-order valence-electron chi connectivity index (χ4n) is 0. The molecule has 0 unspecified atom stereocenters. The molecule has 0 aromatic heterocycles. The molecule has 0 heterocycles. The van der Waals surface area contributed by atoms with Gasteiger partial charge >= 0.3 is 0 Å². The van der Waals surface area contributed by atoms with Crippen LogP contribution in [0.2, 0.25) is 0 Å². The zero-order valence-electron chi connectivity index (χ0n) is 5.50. The van der Waals surface area contributed by atoms with Crippen molar-refractivity contribution in [2.75, 3.05) is 0 Å². The van der Waals surface area contributed by atoms with E-state index in [4.69, 9.17) is 0 Å². The van der Waals surface area contributed by atoms with Crippen molar-refractivity contribution in [3.8, 4) is 0 Å². The van der Waals surface area contributed by atoms with Gasteiger partial charge in [-0.25, -0.2) is 0 Å². The summed E-state index contributed by atoms with van der Waals surface area (Å²) in [4.78, 5) is 0. The molecule has 0 amide bonds. The predicted molar refractivity (Wildman–Crippen MR) is 36.1 cm³/mol. The van der Waals surface area contributed by atoms with Gasteiger partial charge in [0.15, 0.2) is 0 Å². The van der Waals surface area contributed by atoms with Gasteiger partial charge in [0.25, 0.3) is 0 Å². The minimum atomic E-state index is 0. The second-order valence-electron chi connectivity index (χ2n) is 0. The van der Waals surface area contributed by atoms with Crippen LogP contribution in [-0.2, 0) is 21.7 Å². The maximum atomic E-state index is 0. The molecule has 0 aromatic carbocycles. The van der Waals surface area contributed by atoms with Gasteiger partial charge in [-0.15, -0.1) is 0 Å². The molecule has 84 valence electrons. The van der Waals surface area contributed by atoms with Crippen molar-refractivity contribution in [1.29, 1.82) is 0 Å². The third-order valence-electron chi connectivity index (χ3n) is 0. The first-order valence-corrected chi connectivity index (χ1v) is 0. The molecule has 11 heavy (non-hydrogen) atoms. The van der Waals surface area contributed by atoms with Gasteiger partial charge in [-0.05, 0) is 0 Å². The second kappa shape index (κ2) is 9060. The molecule has 0 aliphatic heterocycles. The Balaban J connectivity index is 0. The minimum absolute atomic E-state index is 0. The maximum Gasteiger partial charge on any atom is 0 e. The Hall–Kier alpha value is 0.314. The summed E-state index contributed by atoms with van der Waals surface area (Å²) in [6, 6.07) is 0. The minimum Gasteiger partial charge on any atom is -0.412 e. The van der Waals surface area contributed by atoms with E-state index in [0.717, 1.165) is 0 Å². The van der Waals surface area contributed by atoms with Crippen LogP contribution in [0.4, 0.5) is 0 Å². The average molecular weight is 228 g/mol. The van der Waals surface area contributed by atoms with Crippen LogP contribution in [0.5, 0.6) is 0 Å². The molecule has 0 rings (SSSR count). The van der Waals surface area contributed by atoms with E-state index in [-0.39, 0.29) is 76.5 Å². The van der Waals surface area contributed by atoms with Crippen molar-refractivity contribution in [2.24, 2.45) is 0 Å². The van der Waals surface area contributed by atoms with Crippen LogP contribution in [-0.4, -0.2) is 54.8 Å². The van der Waals surface area contributed by atoms with Crippen molar-refractivity contribution in [3.05, 3.63) is 0 Å². The van der Waals surface area contributed by atoms with Crippen molar-refractivity contribution in [1.82, 2.24) is 0 Å². The van der Waals surface area contributed by atoms with Crippen molar-refractivity contribution >= 4 is 0 Å². The molecule has 0 saturated carbocycles. The third-order valence-corrected chi connectivity index (χ3v) is 0. The Morgan fingerprint density at radius 2 is 0.182 bits per heavy atom. The first-order chi connectivity index (χ1) is 0. The molecule has 0 aliphatic carbocycles. The van der Waals surface area contributed by atoms with Crippen LogP contribution < -0.4 is 0 Å². The summed E-state index contributed by atoms with van der Waals surface area (Å²) in [6.45, 7) is 0. The standard InChI is InChI=1S/10H2O.Ti/h10*1H2;. The molecule has 0 bridgehead atoms. The van der Waals surface area contributed by atoms with Crippen LogP contribution in [0.1, 0.15) is 0 Å². The largest absolute Gasteiger partial charge is 0.412 e. The van der Waals surface area contributed by atoms with E-state index >= 15 is 0 Å². The first-order valence-electron chi connectivity index (χ1n) is 0. The van der Waals surface area contributed by atoms with Gasteiger partial charge in [-0.3, -0.25) is 0 Å². The summed E-state index contributed by atoms with van der Waals surface area (Å²) < 4.78 is 0. The van der Waals surface area contributed by atoms with Crippen LogP contribution in [0.15, 0.2) is 0 Å². The number of hydrogen-bond donors (Lipinski definition) is 0. The summed E-state index contributed by atoms with van der Waals surface area (Å²) in [5, 5.41) is 0. The summed E-state index contributed by atoms with van der Waals surface area (Å²) in [6.07, 6.45) is 0. The fourth-order valence-corrected chi connectivity index (χ4v) is 0. The Morgan fingerprint density at radius 1 is 0.182 bits per heavy atom. The zero-order valence-corrected chi connectivity index (χ0v) is 7.06. The Bertz CT molecular complexity index is 4.83. The second-order valence-corrected chi connectivity index (χ2v) is 0. The quantitative estimate of drug-likeness (QED) is 0.348. The van der Waals surface area contributed by atoms with E-state index in [9.17, 15) is 0 Å². The average Bonchev–Trinajstić information content (AvgIpc) is 0. The van der Waals surface area contributed by atoms with Gasteiger partial charge in [0.2, 0.25) is 0 Å². The van der Waals surface area contributed by atoms with Crippen LogP contribution in [0.25, 0.3) is 0 Å². The van der Waals surface area contributed by atoms with Crippen molar-refractivity contribution in [3.63, 3.8) is 0 Å². The number of hydrogen-bond acceptors (Lipinski definition) is 0. The summed E-state index contributed by atoms with van der Waals surface area (Å²) >= 11 is 0. The Kier molecular flexibility index (Phi) is 10000000. The molecule has 10 nitrogen and oxygen atoms in total. The van der Waals surface area contributed by atoms with Gasteiger partial charge in [-0.2, -0.15) is 0 Å². The molecule has 0 atom stereocenters. The SMILES string of the molecule is O.O.O.O.O.O.O.O.O.O.[Ti]. The van der Waals surface area contributed by atoms with Gasteiger partial charge in [0, 0.05) is 21.7 Å². The van der Waals surface area contributed by atoms with Gasteiger partial charge in [-0.1, -0.05) is 0 Å². The van der Waals surface area contributed by atoms with Gasteiger partial charge < -0.3 is 54.8 Å². The molecular formula is H20O10Ti. The zero-order chi connectivity index (χ0) is 0.